The van der Waals surface area contributed by atoms with Crippen LogP contribution in [0, 0.1) is 5.82 Å². The zero-order valence-electron chi connectivity index (χ0n) is 17.5. The van der Waals surface area contributed by atoms with Gasteiger partial charge in [-0.15, -0.1) is 0 Å². The van der Waals surface area contributed by atoms with Crippen molar-refractivity contribution >= 4 is 16.7 Å². The van der Waals surface area contributed by atoms with Crippen LogP contribution < -0.4 is 16.0 Å². The quantitative estimate of drug-likeness (QED) is 0.450. The topological polar surface area (TPSA) is 70.3 Å². The lowest BCUT2D eigenvalue weighted by atomic mass is 10.1. The molecular weight excluding hydrogens is 411 g/mol. The van der Waals surface area contributed by atoms with Gasteiger partial charge in [0.1, 0.15) is 11.6 Å². The summed E-state index contributed by atoms with van der Waals surface area (Å²) in [5.74, 6) is -0.101. The summed E-state index contributed by atoms with van der Waals surface area (Å²) < 4.78 is 21.0. The first-order valence-corrected chi connectivity index (χ1v) is 10.1. The molecule has 0 bridgehead atoms. The van der Waals surface area contributed by atoms with Gasteiger partial charge in [0.25, 0.3) is 5.56 Å². The molecule has 7 heteroatoms. The number of halogens is 1. The minimum absolute atomic E-state index is 0.0285. The predicted octanol–water partition coefficient (Wildman–Crippen LogP) is 3.17. The van der Waals surface area contributed by atoms with Crippen molar-refractivity contribution < 1.29 is 13.9 Å². The van der Waals surface area contributed by atoms with Crippen molar-refractivity contribution in [2.24, 2.45) is 0 Å². The van der Waals surface area contributed by atoms with Crippen molar-refractivity contribution in [1.82, 2.24) is 9.13 Å². The normalized spacial score (nSPS) is 10.9. The minimum atomic E-state index is -0.591. The van der Waals surface area contributed by atoms with Gasteiger partial charge in [0.15, 0.2) is 5.78 Å². The Bertz CT molecular complexity index is 1400. The molecule has 4 rings (SSSR count). The van der Waals surface area contributed by atoms with Crippen LogP contribution in [0.25, 0.3) is 10.9 Å². The summed E-state index contributed by atoms with van der Waals surface area (Å²) in [7, 11) is 1.52. The minimum Gasteiger partial charge on any atom is -0.496 e. The van der Waals surface area contributed by atoms with Gasteiger partial charge in [-0.2, -0.15) is 0 Å². The highest BCUT2D eigenvalue weighted by Crippen LogP contribution is 2.18. The lowest BCUT2D eigenvalue weighted by Gasteiger charge is -2.14. The first-order valence-electron chi connectivity index (χ1n) is 10.1. The number of benzene rings is 3. The predicted molar refractivity (Wildman–Crippen MR) is 120 cm³/mol. The zero-order valence-corrected chi connectivity index (χ0v) is 17.5. The highest BCUT2D eigenvalue weighted by atomic mass is 19.1. The fourth-order valence-corrected chi connectivity index (χ4v) is 3.73. The Labute approximate surface area is 183 Å². The van der Waals surface area contributed by atoms with Gasteiger partial charge in [0.2, 0.25) is 0 Å². The Hall–Kier alpha value is -4.00. The first-order chi connectivity index (χ1) is 15.5. The molecule has 4 aromatic rings. The van der Waals surface area contributed by atoms with Crippen molar-refractivity contribution in [3.63, 3.8) is 0 Å². The SMILES string of the molecule is COc1ccccc1CC(=O)Cn1c(=O)c2ccccc2n(Cc2ccc(F)cc2)c1=O. The second kappa shape index (κ2) is 9.01. The Balaban J connectivity index is 1.74. The highest BCUT2D eigenvalue weighted by Gasteiger charge is 2.17. The molecule has 0 fully saturated rings. The van der Waals surface area contributed by atoms with Gasteiger partial charge in [0.05, 0.1) is 31.1 Å². The number of fused-ring (bicyclic) bond motifs is 1. The van der Waals surface area contributed by atoms with E-state index in [0.29, 0.717) is 27.8 Å². The molecule has 1 aromatic heterocycles. The third-order valence-electron chi connectivity index (χ3n) is 5.30. The maximum absolute atomic E-state index is 13.3. The van der Waals surface area contributed by atoms with E-state index in [4.69, 9.17) is 4.74 Å². The Morgan fingerprint density at radius 2 is 1.59 bits per heavy atom. The van der Waals surface area contributed by atoms with Crippen LogP contribution in [0.3, 0.4) is 0 Å². The molecule has 3 aromatic carbocycles. The average molecular weight is 432 g/mol. The van der Waals surface area contributed by atoms with Crippen LogP contribution in [0.15, 0.2) is 82.4 Å². The smallest absolute Gasteiger partial charge is 0.332 e. The number of Topliss-reactive ketones (excluding diaryl/α,β-unsaturated/α-hetero) is 1. The molecule has 0 aliphatic heterocycles. The van der Waals surface area contributed by atoms with Crippen molar-refractivity contribution in [2.75, 3.05) is 7.11 Å². The van der Waals surface area contributed by atoms with E-state index in [1.165, 1.54) is 23.8 Å². The van der Waals surface area contributed by atoms with Crippen LogP contribution in [0.2, 0.25) is 0 Å². The van der Waals surface area contributed by atoms with Crippen LogP contribution in [0.4, 0.5) is 4.39 Å². The number of methoxy groups -OCH3 is 1. The van der Waals surface area contributed by atoms with Gasteiger partial charge in [-0.1, -0.05) is 42.5 Å². The molecule has 6 nitrogen and oxygen atoms in total. The molecule has 0 radical (unpaired) electrons. The largest absolute Gasteiger partial charge is 0.496 e. The Morgan fingerprint density at radius 1 is 0.906 bits per heavy atom. The standard InChI is InChI=1S/C25H21FN2O4/c1-32-23-9-5-2-6-18(23)14-20(29)16-28-24(30)21-7-3-4-8-22(21)27(25(28)31)15-17-10-12-19(26)13-11-17/h2-13H,14-16H2,1H3. The third kappa shape index (κ3) is 4.23. The zero-order chi connectivity index (χ0) is 22.7. The monoisotopic (exact) mass is 432 g/mol. The van der Waals surface area contributed by atoms with Crippen LogP contribution >= 0.6 is 0 Å². The first kappa shape index (κ1) is 21.2. The number of ether oxygens (including phenoxy) is 1. The molecule has 0 amide bonds. The number of hydrogen-bond donors (Lipinski definition) is 0. The molecule has 0 saturated carbocycles. The van der Waals surface area contributed by atoms with Crippen molar-refractivity contribution in [1.29, 1.82) is 0 Å². The highest BCUT2D eigenvalue weighted by molar-refractivity contribution is 5.82. The second-order valence-electron chi connectivity index (χ2n) is 7.43. The number of para-hydroxylation sites is 2. The van der Waals surface area contributed by atoms with E-state index in [9.17, 15) is 18.8 Å². The van der Waals surface area contributed by atoms with Gasteiger partial charge < -0.3 is 4.74 Å². The second-order valence-corrected chi connectivity index (χ2v) is 7.43. The summed E-state index contributed by atoms with van der Waals surface area (Å²) in [5, 5.41) is 0.333. The van der Waals surface area contributed by atoms with E-state index in [2.05, 4.69) is 0 Å². The van der Waals surface area contributed by atoms with E-state index >= 15 is 0 Å². The number of carbonyl (C=O) groups excluding carboxylic acids is 1. The van der Waals surface area contributed by atoms with Gasteiger partial charge >= 0.3 is 5.69 Å². The lowest BCUT2D eigenvalue weighted by Crippen LogP contribution is -2.42. The summed E-state index contributed by atoms with van der Waals surface area (Å²) in [6.45, 7) is -0.218. The molecule has 1 heterocycles. The number of ketones is 1. The van der Waals surface area contributed by atoms with Crippen LogP contribution in [-0.4, -0.2) is 22.0 Å². The van der Waals surface area contributed by atoms with Crippen LogP contribution in [-0.2, 0) is 24.3 Å². The molecule has 0 unspecified atom stereocenters. The summed E-state index contributed by atoms with van der Waals surface area (Å²) in [6, 6.07) is 19.7. The van der Waals surface area contributed by atoms with E-state index in [1.54, 1.807) is 60.7 Å². The molecule has 0 atom stereocenters. The number of nitrogens with zero attached hydrogens (tertiary/aromatic N) is 2. The van der Waals surface area contributed by atoms with E-state index in [-0.39, 0.29) is 31.1 Å². The molecule has 0 aliphatic rings. The van der Waals surface area contributed by atoms with Crippen molar-refractivity contribution in [3.8, 4) is 5.75 Å². The summed E-state index contributed by atoms with van der Waals surface area (Å²) in [5.41, 5.74) is 0.727. The van der Waals surface area contributed by atoms with E-state index in [0.717, 1.165) is 4.57 Å². The number of hydrogen-bond acceptors (Lipinski definition) is 4. The molecule has 32 heavy (non-hydrogen) atoms. The van der Waals surface area contributed by atoms with Gasteiger partial charge in [-0.05, 0) is 35.9 Å². The molecule has 162 valence electrons. The Morgan fingerprint density at radius 3 is 2.34 bits per heavy atom. The van der Waals surface area contributed by atoms with E-state index in [1.807, 2.05) is 0 Å². The van der Waals surface area contributed by atoms with Crippen LogP contribution in [0.5, 0.6) is 5.75 Å². The maximum Gasteiger partial charge on any atom is 0.332 e. The van der Waals surface area contributed by atoms with Gasteiger partial charge in [-0.3, -0.25) is 18.7 Å². The average Bonchev–Trinajstić information content (AvgIpc) is 2.81. The fourth-order valence-electron chi connectivity index (χ4n) is 3.73. The number of carbonyl (C=O) groups is 1. The van der Waals surface area contributed by atoms with Gasteiger partial charge in [-0.25, -0.2) is 9.18 Å². The summed E-state index contributed by atoms with van der Waals surface area (Å²) in [6.07, 6.45) is 0.0285. The summed E-state index contributed by atoms with van der Waals surface area (Å²) in [4.78, 5) is 39.1. The third-order valence-corrected chi connectivity index (χ3v) is 5.30. The summed E-state index contributed by atoms with van der Waals surface area (Å²) >= 11 is 0. The molecular formula is C25H21FN2O4. The number of rotatable bonds is 7. The lowest BCUT2D eigenvalue weighted by molar-refractivity contribution is -0.119. The van der Waals surface area contributed by atoms with Crippen molar-refractivity contribution in [3.05, 3.63) is 111 Å². The number of aromatic nitrogens is 2. The van der Waals surface area contributed by atoms with Crippen molar-refractivity contribution in [2.45, 2.75) is 19.5 Å². The van der Waals surface area contributed by atoms with Crippen LogP contribution in [0.1, 0.15) is 11.1 Å². The van der Waals surface area contributed by atoms with Gasteiger partial charge in [0, 0.05) is 12.0 Å². The fraction of sp³-hybridized carbons (Fsp3) is 0.160. The molecule has 0 aliphatic carbocycles. The maximum atomic E-state index is 13.3. The van der Waals surface area contributed by atoms with E-state index < -0.39 is 11.2 Å². The molecule has 0 spiro atoms. The molecule has 0 N–H and O–H groups in total. The Kier molecular flexibility index (Phi) is 5.98. The molecule has 0 saturated heterocycles.